The molecule has 38 heavy (non-hydrogen) atoms. The molecule has 0 aliphatic heterocycles. The predicted molar refractivity (Wildman–Crippen MR) is 143 cm³/mol. The maximum Gasteiger partial charge on any atom is 0.209 e. The van der Waals surface area contributed by atoms with E-state index in [1.807, 2.05) is 26.8 Å². The number of fused-ring (bicyclic) bond motifs is 3. The number of aromatic hydroxyl groups is 1. The van der Waals surface area contributed by atoms with Crippen molar-refractivity contribution in [3.8, 4) is 5.75 Å². The lowest BCUT2D eigenvalue weighted by molar-refractivity contribution is -0.171. The van der Waals surface area contributed by atoms with Crippen LogP contribution in [0.1, 0.15) is 89.2 Å². The average Bonchev–Trinajstić information content (AvgIpc) is 2.77. The second-order valence-electron chi connectivity index (χ2n) is 12.8. The van der Waals surface area contributed by atoms with Crippen molar-refractivity contribution in [2.75, 3.05) is 0 Å². The van der Waals surface area contributed by atoms with Gasteiger partial charge < -0.3 is 20.4 Å². The Labute approximate surface area is 224 Å². The summed E-state index contributed by atoms with van der Waals surface area (Å²) in [5, 5.41) is 45.7. The molecule has 0 fully saturated rings. The van der Waals surface area contributed by atoms with Crippen LogP contribution in [-0.4, -0.2) is 43.4 Å². The number of benzene rings is 1. The second kappa shape index (κ2) is 9.08. The van der Waals surface area contributed by atoms with Gasteiger partial charge in [0.1, 0.15) is 22.8 Å². The van der Waals surface area contributed by atoms with Crippen molar-refractivity contribution in [1.82, 2.24) is 0 Å². The maximum absolute atomic E-state index is 14.0. The van der Waals surface area contributed by atoms with Gasteiger partial charge in [0.05, 0.1) is 5.56 Å². The van der Waals surface area contributed by atoms with Gasteiger partial charge >= 0.3 is 0 Å². The van der Waals surface area contributed by atoms with E-state index in [1.54, 1.807) is 6.92 Å². The zero-order valence-electron chi connectivity index (χ0n) is 23.4. The van der Waals surface area contributed by atoms with Crippen LogP contribution in [0.25, 0.3) is 0 Å². The van der Waals surface area contributed by atoms with E-state index in [0.29, 0.717) is 12.3 Å². The molecule has 206 valence electrons. The van der Waals surface area contributed by atoms with Gasteiger partial charge in [0, 0.05) is 22.3 Å². The molecule has 0 saturated heterocycles. The highest BCUT2D eigenvalue weighted by Crippen LogP contribution is 2.65. The lowest BCUT2D eigenvalue weighted by Crippen LogP contribution is -2.67. The van der Waals surface area contributed by atoms with E-state index in [9.17, 15) is 34.8 Å². The molecule has 0 aromatic heterocycles. The number of ketones is 3. The van der Waals surface area contributed by atoms with Crippen molar-refractivity contribution in [3.05, 3.63) is 51.5 Å². The van der Waals surface area contributed by atoms with Crippen LogP contribution in [-0.2, 0) is 22.4 Å². The van der Waals surface area contributed by atoms with Crippen LogP contribution in [0.4, 0.5) is 0 Å². The Morgan fingerprint density at radius 2 is 1.71 bits per heavy atom. The Hall–Kier alpha value is -2.93. The number of aliphatic hydroxyl groups is 3. The van der Waals surface area contributed by atoms with Gasteiger partial charge in [0.15, 0.2) is 17.2 Å². The molecule has 0 radical (unpaired) electrons. The molecule has 7 heteroatoms. The number of hydrogen-bond donors (Lipinski definition) is 4. The Kier molecular flexibility index (Phi) is 6.71. The summed E-state index contributed by atoms with van der Waals surface area (Å²) >= 11 is 0. The largest absolute Gasteiger partial charge is 0.511 e. The van der Waals surface area contributed by atoms with E-state index in [0.717, 1.165) is 37.3 Å². The second-order valence-corrected chi connectivity index (χ2v) is 12.8. The van der Waals surface area contributed by atoms with E-state index in [4.69, 9.17) is 0 Å². The van der Waals surface area contributed by atoms with E-state index >= 15 is 0 Å². The summed E-state index contributed by atoms with van der Waals surface area (Å²) < 4.78 is 0. The summed E-state index contributed by atoms with van der Waals surface area (Å²) in [6.07, 6.45) is 3.08. The lowest BCUT2D eigenvalue weighted by atomic mass is 9.44. The Bertz CT molecular complexity index is 1300. The first-order chi connectivity index (χ1) is 17.5. The molecule has 0 amide bonds. The number of allylic oxidation sites excluding steroid dienone is 2. The molecule has 7 nitrogen and oxygen atoms in total. The minimum absolute atomic E-state index is 0.0899. The van der Waals surface area contributed by atoms with Crippen LogP contribution < -0.4 is 0 Å². The minimum atomic E-state index is -2.58. The molecule has 3 aliphatic carbocycles. The van der Waals surface area contributed by atoms with Crippen LogP contribution in [0.15, 0.2) is 34.8 Å². The van der Waals surface area contributed by atoms with E-state index in [1.165, 1.54) is 6.07 Å². The molecule has 1 aromatic carbocycles. The lowest BCUT2D eigenvalue weighted by Gasteiger charge is -2.59. The van der Waals surface area contributed by atoms with Crippen LogP contribution in [0.3, 0.4) is 0 Å². The number of rotatable bonds is 6. The van der Waals surface area contributed by atoms with Gasteiger partial charge in [0.25, 0.3) is 0 Å². The van der Waals surface area contributed by atoms with E-state index in [2.05, 4.69) is 13.8 Å². The average molecular weight is 525 g/mol. The number of aryl methyl sites for hydroxylation is 1. The third-order valence-corrected chi connectivity index (χ3v) is 9.22. The molecule has 4 rings (SSSR count). The molecule has 0 saturated carbocycles. The third kappa shape index (κ3) is 3.69. The first-order valence-corrected chi connectivity index (χ1v) is 13.6. The molecule has 0 heterocycles. The van der Waals surface area contributed by atoms with E-state index < -0.39 is 51.0 Å². The van der Waals surface area contributed by atoms with E-state index in [-0.39, 0.29) is 35.0 Å². The molecular weight excluding hydrogens is 484 g/mol. The first-order valence-electron chi connectivity index (χ1n) is 13.6. The highest BCUT2D eigenvalue weighted by atomic mass is 16.3. The van der Waals surface area contributed by atoms with Crippen molar-refractivity contribution in [1.29, 1.82) is 0 Å². The van der Waals surface area contributed by atoms with Crippen LogP contribution in [0.5, 0.6) is 5.75 Å². The van der Waals surface area contributed by atoms with Crippen LogP contribution >= 0.6 is 0 Å². The van der Waals surface area contributed by atoms with Gasteiger partial charge in [-0.2, -0.15) is 0 Å². The maximum atomic E-state index is 14.0. The highest BCUT2D eigenvalue weighted by Gasteiger charge is 2.71. The van der Waals surface area contributed by atoms with Crippen molar-refractivity contribution >= 4 is 17.3 Å². The van der Waals surface area contributed by atoms with Gasteiger partial charge in [-0.15, -0.1) is 0 Å². The van der Waals surface area contributed by atoms with Crippen molar-refractivity contribution in [2.45, 2.75) is 86.2 Å². The monoisotopic (exact) mass is 524 g/mol. The zero-order chi connectivity index (χ0) is 28.5. The highest BCUT2D eigenvalue weighted by molar-refractivity contribution is 6.25. The van der Waals surface area contributed by atoms with Gasteiger partial charge in [-0.3, -0.25) is 14.4 Å². The number of carbonyl (C=O) groups excluding carboxylic acids is 3. The molecule has 1 aromatic rings. The van der Waals surface area contributed by atoms with Gasteiger partial charge in [0.2, 0.25) is 5.78 Å². The summed E-state index contributed by atoms with van der Waals surface area (Å²) in [4.78, 5) is 40.2. The Morgan fingerprint density at radius 1 is 1.08 bits per heavy atom. The van der Waals surface area contributed by atoms with Crippen LogP contribution in [0.2, 0.25) is 0 Å². The summed E-state index contributed by atoms with van der Waals surface area (Å²) in [7, 11) is 0. The molecule has 4 N–H and O–H groups in total. The molecule has 4 atom stereocenters. The molecule has 3 aliphatic rings. The fourth-order valence-corrected chi connectivity index (χ4v) is 7.73. The quantitative estimate of drug-likeness (QED) is 0.370. The molecule has 0 bridgehead atoms. The smallest absolute Gasteiger partial charge is 0.209 e. The van der Waals surface area contributed by atoms with Crippen molar-refractivity contribution < 1.29 is 34.8 Å². The van der Waals surface area contributed by atoms with Gasteiger partial charge in [-0.1, -0.05) is 54.0 Å². The molecular formula is C31H40O7. The summed E-state index contributed by atoms with van der Waals surface area (Å²) in [6, 6.07) is 3.33. The normalized spacial score (nSPS) is 31.1. The number of phenolic OH excluding ortho intramolecular Hbond substituents is 1. The Balaban J connectivity index is 1.97. The zero-order valence-corrected chi connectivity index (χ0v) is 23.4. The number of hydrogen-bond acceptors (Lipinski definition) is 7. The van der Waals surface area contributed by atoms with Crippen molar-refractivity contribution in [2.24, 2.45) is 28.6 Å². The number of Topliss-reactive ketones (excluding diaryl/α,β-unsaturated/α-hetero) is 3. The van der Waals surface area contributed by atoms with Gasteiger partial charge in [-0.05, 0) is 61.6 Å². The van der Waals surface area contributed by atoms with Crippen LogP contribution in [0, 0.1) is 28.6 Å². The summed E-state index contributed by atoms with van der Waals surface area (Å²) in [6.45, 7) is 12.6. The SMILES string of the molecule is CC(=O)C1=C(O)C(C(C)C)[C@@]2(C)C[C@@]3(C)Cc4c(CCCC(C)C)ccc(O)c4C(=O)C3=C(O)[C@@]2(O)C1=O. The molecule has 1 unspecified atom stereocenters. The molecule has 0 spiro atoms. The Morgan fingerprint density at radius 3 is 2.26 bits per heavy atom. The van der Waals surface area contributed by atoms with Gasteiger partial charge in [-0.25, -0.2) is 0 Å². The fraction of sp³-hybridized carbons (Fsp3) is 0.581. The summed E-state index contributed by atoms with van der Waals surface area (Å²) in [5.74, 6) is -4.40. The summed E-state index contributed by atoms with van der Waals surface area (Å²) in [5.41, 5.74) is -3.86. The predicted octanol–water partition coefficient (Wildman–Crippen LogP) is 5.33. The number of aliphatic hydroxyl groups excluding tert-OH is 2. The van der Waals surface area contributed by atoms with Crippen molar-refractivity contribution in [3.63, 3.8) is 0 Å². The first kappa shape index (κ1) is 28.1. The minimum Gasteiger partial charge on any atom is -0.511 e. The third-order valence-electron chi connectivity index (χ3n) is 9.22. The number of carbonyl (C=O) groups is 3. The fourth-order valence-electron chi connectivity index (χ4n) is 7.73. The standard InChI is InChI=1S/C31H40O7/c1-15(2)9-8-10-18-11-12-20(33)22-19(18)13-29(6)14-30(7)23(16(3)4)25(34)21(17(5)32)27(36)31(30,38)28(37)24(29)26(22)35/h11-12,15-16,23,33-34,37-38H,8-10,13-14H2,1-7H3/t23?,29-,30-,31+/m1/s1. The topological polar surface area (TPSA) is 132 Å². The number of phenols is 1.